The molecule has 5 heteroatoms. The van der Waals surface area contributed by atoms with Crippen molar-refractivity contribution in [3.8, 4) is 0 Å². The highest BCUT2D eigenvalue weighted by molar-refractivity contribution is 7.85. The van der Waals surface area contributed by atoms with Crippen molar-refractivity contribution in [2.45, 2.75) is 12.5 Å². The van der Waals surface area contributed by atoms with E-state index in [2.05, 4.69) is 4.90 Å². The lowest BCUT2D eigenvalue weighted by atomic mass is 9.96. The summed E-state index contributed by atoms with van der Waals surface area (Å²) in [5.74, 6) is 2.11. The molecule has 0 amide bonds. The molecule has 0 radical (unpaired) electrons. The van der Waals surface area contributed by atoms with Gasteiger partial charge < -0.3 is 15.4 Å². The second-order valence-corrected chi connectivity index (χ2v) is 6.13. The minimum absolute atomic E-state index is 0.283. The lowest BCUT2D eigenvalue weighted by Crippen LogP contribution is -2.48. The maximum atomic E-state index is 11.2. The first-order chi connectivity index (χ1) is 7.25. The monoisotopic (exact) mass is 232 g/mol. The quantitative estimate of drug-likeness (QED) is 0.692. The van der Waals surface area contributed by atoms with Crippen LogP contribution in [0.25, 0.3) is 0 Å². The van der Waals surface area contributed by atoms with Gasteiger partial charge in [-0.1, -0.05) is 0 Å². The van der Waals surface area contributed by atoms with Crippen molar-refractivity contribution in [3.63, 3.8) is 0 Å². The third-order valence-electron chi connectivity index (χ3n) is 3.30. The van der Waals surface area contributed by atoms with E-state index in [1.54, 1.807) is 0 Å². The van der Waals surface area contributed by atoms with Crippen LogP contribution in [0, 0.1) is 5.92 Å². The Morgan fingerprint density at radius 2 is 2.13 bits per heavy atom. The van der Waals surface area contributed by atoms with E-state index in [9.17, 15) is 4.21 Å². The Morgan fingerprint density at radius 3 is 2.80 bits per heavy atom. The van der Waals surface area contributed by atoms with Crippen LogP contribution in [0.5, 0.6) is 0 Å². The lowest BCUT2D eigenvalue weighted by Gasteiger charge is -2.34. The van der Waals surface area contributed by atoms with E-state index in [0.29, 0.717) is 5.92 Å². The van der Waals surface area contributed by atoms with Gasteiger partial charge in [0.15, 0.2) is 0 Å². The molecule has 0 bridgehead atoms. The molecule has 2 rings (SSSR count). The molecule has 0 aliphatic carbocycles. The zero-order chi connectivity index (χ0) is 10.7. The number of nitrogens with zero attached hydrogens (tertiary/aromatic N) is 1. The number of ether oxygens (including phenoxy) is 1. The van der Waals surface area contributed by atoms with E-state index in [1.807, 2.05) is 0 Å². The van der Waals surface area contributed by atoms with E-state index in [0.717, 1.165) is 50.8 Å². The van der Waals surface area contributed by atoms with Gasteiger partial charge in [0.25, 0.3) is 0 Å². The molecule has 2 aliphatic heterocycles. The largest absolute Gasteiger partial charge is 0.381 e. The molecule has 2 unspecified atom stereocenters. The SMILES string of the molecule is NC1CCOCC1CN1CCS(=O)CC1. The Labute approximate surface area is 93.6 Å². The van der Waals surface area contributed by atoms with Crippen LogP contribution in [-0.2, 0) is 15.5 Å². The van der Waals surface area contributed by atoms with Crippen LogP contribution in [0.15, 0.2) is 0 Å². The van der Waals surface area contributed by atoms with Crippen LogP contribution in [-0.4, -0.2) is 59.5 Å². The minimum Gasteiger partial charge on any atom is -0.381 e. The predicted molar refractivity (Wildman–Crippen MR) is 61.2 cm³/mol. The fourth-order valence-corrected chi connectivity index (χ4v) is 3.32. The fourth-order valence-electron chi connectivity index (χ4n) is 2.19. The second-order valence-electron chi connectivity index (χ2n) is 4.44. The van der Waals surface area contributed by atoms with Gasteiger partial charge in [0.1, 0.15) is 0 Å². The van der Waals surface area contributed by atoms with Gasteiger partial charge in [-0.05, 0) is 6.42 Å². The summed E-state index contributed by atoms with van der Waals surface area (Å²) in [6.45, 7) is 4.52. The first kappa shape index (κ1) is 11.5. The van der Waals surface area contributed by atoms with Crippen LogP contribution in [0.4, 0.5) is 0 Å². The predicted octanol–water partition coefficient (Wildman–Crippen LogP) is -0.585. The molecule has 2 aliphatic rings. The van der Waals surface area contributed by atoms with Crippen molar-refractivity contribution in [2.24, 2.45) is 11.7 Å². The Morgan fingerprint density at radius 1 is 1.40 bits per heavy atom. The average molecular weight is 232 g/mol. The maximum absolute atomic E-state index is 11.2. The molecular formula is C10H20N2O2S. The molecule has 0 spiro atoms. The second kappa shape index (κ2) is 5.39. The Balaban J connectivity index is 1.78. The first-order valence-electron chi connectivity index (χ1n) is 5.66. The number of hydrogen-bond acceptors (Lipinski definition) is 4. The van der Waals surface area contributed by atoms with Crippen LogP contribution in [0.3, 0.4) is 0 Å². The van der Waals surface area contributed by atoms with Crippen molar-refractivity contribution in [1.29, 1.82) is 0 Å². The number of hydrogen-bond donors (Lipinski definition) is 1. The van der Waals surface area contributed by atoms with Gasteiger partial charge in [0.2, 0.25) is 0 Å². The van der Waals surface area contributed by atoms with Crippen molar-refractivity contribution < 1.29 is 8.95 Å². The molecule has 2 fully saturated rings. The van der Waals surface area contributed by atoms with E-state index in [-0.39, 0.29) is 6.04 Å². The van der Waals surface area contributed by atoms with Gasteiger partial charge >= 0.3 is 0 Å². The number of nitrogens with two attached hydrogens (primary N) is 1. The van der Waals surface area contributed by atoms with Crippen molar-refractivity contribution in [2.75, 3.05) is 44.4 Å². The summed E-state index contributed by atoms with van der Waals surface area (Å²) in [4.78, 5) is 2.38. The van der Waals surface area contributed by atoms with Crippen molar-refractivity contribution in [1.82, 2.24) is 4.90 Å². The highest BCUT2D eigenvalue weighted by Gasteiger charge is 2.26. The molecule has 88 valence electrons. The number of rotatable bonds is 2. The summed E-state index contributed by atoms with van der Waals surface area (Å²) >= 11 is 0. The van der Waals surface area contributed by atoms with Crippen LogP contribution < -0.4 is 5.73 Å². The zero-order valence-electron chi connectivity index (χ0n) is 9.06. The normalized spacial score (nSPS) is 35.5. The Kier molecular flexibility index (Phi) is 4.13. The molecule has 4 nitrogen and oxygen atoms in total. The van der Waals surface area contributed by atoms with Crippen LogP contribution in [0.1, 0.15) is 6.42 Å². The molecule has 0 aromatic heterocycles. The van der Waals surface area contributed by atoms with Gasteiger partial charge in [-0.25, -0.2) is 0 Å². The van der Waals surface area contributed by atoms with Gasteiger partial charge in [-0.15, -0.1) is 0 Å². The summed E-state index contributed by atoms with van der Waals surface area (Å²) in [5.41, 5.74) is 6.06. The summed E-state index contributed by atoms with van der Waals surface area (Å²) in [6, 6.07) is 0.283. The third kappa shape index (κ3) is 3.24. The Hall–Kier alpha value is 0.0300. The maximum Gasteiger partial charge on any atom is 0.0521 e. The molecule has 2 heterocycles. The average Bonchev–Trinajstić information content (AvgIpc) is 2.25. The highest BCUT2D eigenvalue weighted by atomic mass is 32.2. The molecule has 2 atom stereocenters. The van der Waals surface area contributed by atoms with Crippen LogP contribution >= 0.6 is 0 Å². The topological polar surface area (TPSA) is 55.6 Å². The van der Waals surface area contributed by atoms with E-state index >= 15 is 0 Å². The smallest absolute Gasteiger partial charge is 0.0521 e. The lowest BCUT2D eigenvalue weighted by molar-refractivity contribution is 0.0273. The van der Waals surface area contributed by atoms with Crippen LogP contribution in [0.2, 0.25) is 0 Å². The molecule has 2 saturated heterocycles. The standard InChI is InChI=1S/C10H20N2O2S/c11-10-1-4-14-8-9(10)7-12-2-5-15(13)6-3-12/h9-10H,1-8,11H2. The van der Waals surface area contributed by atoms with E-state index < -0.39 is 10.8 Å². The summed E-state index contributed by atoms with van der Waals surface area (Å²) < 4.78 is 16.6. The van der Waals surface area contributed by atoms with Gasteiger partial charge in [0.05, 0.1) is 6.61 Å². The van der Waals surface area contributed by atoms with E-state index in [1.165, 1.54) is 0 Å². The Bertz CT molecular complexity index is 227. The van der Waals surface area contributed by atoms with Crippen molar-refractivity contribution in [3.05, 3.63) is 0 Å². The minimum atomic E-state index is -0.580. The summed E-state index contributed by atoms with van der Waals surface area (Å²) in [6.07, 6.45) is 0.977. The molecule has 15 heavy (non-hydrogen) atoms. The molecular weight excluding hydrogens is 212 g/mol. The van der Waals surface area contributed by atoms with E-state index in [4.69, 9.17) is 10.5 Å². The van der Waals surface area contributed by atoms with Gasteiger partial charge in [-0.3, -0.25) is 4.21 Å². The molecule has 2 N–H and O–H groups in total. The summed E-state index contributed by atoms with van der Waals surface area (Å²) in [5, 5.41) is 0. The van der Waals surface area contributed by atoms with Crippen molar-refractivity contribution >= 4 is 10.8 Å². The first-order valence-corrected chi connectivity index (χ1v) is 7.15. The molecule has 0 aromatic rings. The highest BCUT2D eigenvalue weighted by Crippen LogP contribution is 2.15. The molecule has 0 aromatic carbocycles. The van der Waals surface area contributed by atoms with Gasteiger partial charge in [0, 0.05) is 60.5 Å². The third-order valence-corrected chi connectivity index (χ3v) is 4.57. The fraction of sp³-hybridized carbons (Fsp3) is 1.00. The van der Waals surface area contributed by atoms with Gasteiger partial charge in [-0.2, -0.15) is 0 Å². The zero-order valence-corrected chi connectivity index (χ0v) is 9.88. The summed E-state index contributed by atoms with van der Waals surface area (Å²) in [7, 11) is -0.580. The molecule has 0 saturated carbocycles.